The smallest absolute Gasteiger partial charge is 0.223 e. The summed E-state index contributed by atoms with van der Waals surface area (Å²) in [5.41, 5.74) is 1.17. The van der Waals surface area contributed by atoms with Crippen molar-refractivity contribution in [1.82, 2.24) is 4.90 Å². The number of benzene rings is 1. The van der Waals surface area contributed by atoms with E-state index in [0.717, 1.165) is 24.3 Å². The maximum atomic E-state index is 13.0. The van der Waals surface area contributed by atoms with E-state index in [9.17, 15) is 4.79 Å². The van der Waals surface area contributed by atoms with E-state index in [-0.39, 0.29) is 11.8 Å². The number of amides is 1. The van der Waals surface area contributed by atoms with Gasteiger partial charge >= 0.3 is 0 Å². The Hall–Kier alpha value is -1.79. The van der Waals surface area contributed by atoms with Gasteiger partial charge in [0.2, 0.25) is 5.91 Å². The summed E-state index contributed by atoms with van der Waals surface area (Å²) in [6, 6.07) is 6.04. The molecular weight excluding hydrogens is 346 g/mol. The highest BCUT2D eigenvalue weighted by molar-refractivity contribution is 5.77. The molecule has 148 valence electrons. The van der Waals surface area contributed by atoms with Crippen LogP contribution in [0.4, 0.5) is 0 Å². The van der Waals surface area contributed by atoms with E-state index in [1.165, 1.54) is 18.4 Å². The molecule has 6 nitrogen and oxygen atoms in total. The summed E-state index contributed by atoms with van der Waals surface area (Å²) in [7, 11) is 3.29. The fourth-order valence-corrected chi connectivity index (χ4v) is 4.34. The topological polar surface area (TPSA) is 57.2 Å². The molecule has 2 heterocycles. The largest absolute Gasteiger partial charge is 0.493 e. The molecule has 0 bridgehead atoms. The molecule has 3 fully saturated rings. The normalized spacial score (nSPS) is 22.7. The van der Waals surface area contributed by atoms with E-state index in [0.29, 0.717) is 38.6 Å². The first-order valence-corrected chi connectivity index (χ1v) is 9.92. The average molecular weight is 375 g/mol. The minimum Gasteiger partial charge on any atom is -0.493 e. The van der Waals surface area contributed by atoms with E-state index < -0.39 is 5.79 Å². The van der Waals surface area contributed by atoms with Gasteiger partial charge in [0, 0.05) is 32.4 Å². The predicted octanol–water partition coefficient (Wildman–Crippen LogP) is 2.95. The molecule has 4 rings (SSSR count). The van der Waals surface area contributed by atoms with Crippen molar-refractivity contribution in [1.29, 1.82) is 0 Å². The molecule has 27 heavy (non-hydrogen) atoms. The van der Waals surface area contributed by atoms with Crippen molar-refractivity contribution in [3.8, 4) is 11.5 Å². The lowest BCUT2D eigenvalue weighted by molar-refractivity contribution is -0.187. The molecule has 2 saturated heterocycles. The van der Waals surface area contributed by atoms with Gasteiger partial charge in [-0.2, -0.15) is 0 Å². The van der Waals surface area contributed by atoms with Gasteiger partial charge in [0.05, 0.1) is 27.4 Å². The standard InChI is InChI=1S/C21H29NO5/c1-24-18-6-5-16(13-19(18)25-2)17(15-3-4-15)14-20(23)22-9-7-21(8-10-22)26-11-12-27-21/h5-6,13,15,17H,3-4,7-12,14H2,1-2H3. The number of hydrogen-bond donors (Lipinski definition) is 0. The third kappa shape index (κ3) is 3.92. The monoisotopic (exact) mass is 375 g/mol. The average Bonchev–Trinajstić information content (AvgIpc) is 3.46. The number of piperidine rings is 1. The van der Waals surface area contributed by atoms with Crippen molar-refractivity contribution in [3.05, 3.63) is 23.8 Å². The second-order valence-corrected chi connectivity index (χ2v) is 7.75. The summed E-state index contributed by atoms with van der Waals surface area (Å²) in [5, 5.41) is 0. The Morgan fingerprint density at radius 3 is 2.41 bits per heavy atom. The summed E-state index contributed by atoms with van der Waals surface area (Å²) in [6.45, 7) is 2.75. The maximum Gasteiger partial charge on any atom is 0.223 e. The molecule has 2 aliphatic heterocycles. The molecule has 1 unspecified atom stereocenters. The molecule has 1 aromatic carbocycles. The first kappa shape index (κ1) is 18.6. The highest BCUT2D eigenvalue weighted by Gasteiger charge is 2.42. The highest BCUT2D eigenvalue weighted by atomic mass is 16.7. The van der Waals surface area contributed by atoms with E-state index in [2.05, 4.69) is 6.07 Å². The second kappa shape index (κ2) is 7.68. The number of hydrogen-bond acceptors (Lipinski definition) is 5. The first-order chi connectivity index (χ1) is 13.1. The summed E-state index contributed by atoms with van der Waals surface area (Å²) in [4.78, 5) is 15.0. The van der Waals surface area contributed by atoms with Crippen molar-refractivity contribution >= 4 is 5.91 Å². The van der Waals surface area contributed by atoms with Crippen LogP contribution in [0.15, 0.2) is 18.2 Å². The first-order valence-electron chi connectivity index (χ1n) is 9.92. The number of carbonyl (C=O) groups is 1. The van der Waals surface area contributed by atoms with Gasteiger partial charge in [-0.3, -0.25) is 4.79 Å². The van der Waals surface area contributed by atoms with Crippen molar-refractivity contribution in [3.63, 3.8) is 0 Å². The molecule has 6 heteroatoms. The Balaban J connectivity index is 1.42. The molecule has 1 amide bonds. The number of rotatable bonds is 6. The van der Waals surface area contributed by atoms with Gasteiger partial charge in [-0.05, 0) is 42.4 Å². The third-order valence-electron chi connectivity index (χ3n) is 6.11. The van der Waals surface area contributed by atoms with E-state index in [4.69, 9.17) is 18.9 Å². The van der Waals surface area contributed by atoms with Crippen LogP contribution in [-0.4, -0.2) is 57.1 Å². The minimum absolute atomic E-state index is 0.231. The quantitative estimate of drug-likeness (QED) is 0.765. The van der Waals surface area contributed by atoms with Gasteiger partial charge in [0.15, 0.2) is 17.3 Å². The lowest BCUT2D eigenvalue weighted by atomic mass is 9.89. The van der Waals surface area contributed by atoms with Gasteiger partial charge in [-0.1, -0.05) is 6.07 Å². The molecule has 3 aliphatic rings. The van der Waals surface area contributed by atoms with Gasteiger partial charge < -0.3 is 23.8 Å². The Kier molecular flexibility index (Phi) is 5.28. The second-order valence-electron chi connectivity index (χ2n) is 7.75. The molecule has 1 aliphatic carbocycles. The molecular formula is C21H29NO5. The summed E-state index contributed by atoms with van der Waals surface area (Å²) in [6.07, 6.45) is 4.47. The van der Waals surface area contributed by atoms with Crippen LogP contribution < -0.4 is 9.47 Å². The molecule has 1 atom stereocenters. The van der Waals surface area contributed by atoms with Crippen molar-refractivity contribution in [2.75, 3.05) is 40.5 Å². The van der Waals surface area contributed by atoms with Crippen LogP contribution in [0, 0.1) is 5.92 Å². The molecule has 0 aromatic heterocycles. The highest BCUT2D eigenvalue weighted by Crippen LogP contribution is 2.46. The van der Waals surface area contributed by atoms with Crippen molar-refractivity contribution in [2.45, 2.75) is 43.8 Å². The van der Waals surface area contributed by atoms with Crippen molar-refractivity contribution < 1.29 is 23.7 Å². The Labute approximate surface area is 160 Å². The molecule has 0 N–H and O–H groups in total. The zero-order valence-electron chi connectivity index (χ0n) is 16.2. The number of ether oxygens (including phenoxy) is 4. The number of methoxy groups -OCH3 is 2. The van der Waals surface area contributed by atoms with Gasteiger partial charge in [0.1, 0.15) is 0 Å². The third-order valence-corrected chi connectivity index (χ3v) is 6.11. The van der Waals surface area contributed by atoms with Gasteiger partial charge in [-0.15, -0.1) is 0 Å². The van der Waals surface area contributed by atoms with Gasteiger partial charge in [0.25, 0.3) is 0 Å². The summed E-state index contributed by atoms with van der Waals surface area (Å²) < 4.78 is 22.3. The lowest BCUT2D eigenvalue weighted by Gasteiger charge is -2.38. The summed E-state index contributed by atoms with van der Waals surface area (Å²) >= 11 is 0. The number of carbonyl (C=O) groups excluding carboxylic acids is 1. The minimum atomic E-state index is -0.435. The Morgan fingerprint density at radius 2 is 1.81 bits per heavy atom. The summed E-state index contributed by atoms with van der Waals surface area (Å²) in [5.74, 6) is 2.07. The van der Waals surface area contributed by atoms with Crippen molar-refractivity contribution in [2.24, 2.45) is 5.92 Å². The fourth-order valence-electron chi connectivity index (χ4n) is 4.34. The van der Waals surface area contributed by atoms with Crippen LogP contribution in [0.2, 0.25) is 0 Å². The van der Waals surface area contributed by atoms with Crippen LogP contribution in [0.25, 0.3) is 0 Å². The fraction of sp³-hybridized carbons (Fsp3) is 0.667. The van der Waals surface area contributed by atoms with Crippen LogP contribution in [0.1, 0.15) is 43.6 Å². The van der Waals surface area contributed by atoms with Crippen LogP contribution in [-0.2, 0) is 14.3 Å². The molecule has 1 spiro atoms. The molecule has 1 saturated carbocycles. The van der Waals surface area contributed by atoms with Gasteiger partial charge in [-0.25, -0.2) is 0 Å². The zero-order valence-corrected chi connectivity index (χ0v) is 16.2. The van der Waals surface area contributed by atoms with E-state index >= 15 is 0 Å². The maximum absolute atomic E-state index is 13.0. The van der Waals surface area contributed by atoms with Crippen LogP contribution in [0.3, 0.4) is 0 Å². The van der Waals surface area contributed by atoms with E-state index in [1.54, 1.807) is 14.2 Å². The van der Waals surface area contributed by atoms with E-state index in [1.807, 2.05) is 17.0 Å². The lowest BCUT2D eigenvalue weighted by Crippen LogP contribution is -2.47. The van der Waals surface area contributed by atoms with Crippen LogP contribution >= 0.6 is 0 Å². The Morgan fingerprint density at radius 1 is 1.15 bits per heavy atom. The number of nitrogens with zero attached hydrogens (tertiary/aromatic N) is 1. The van der Waals surface area contributed by atoms with Crippen LogP contribution in [0.5, 0.6) is 11.5 Å². The predicted molar refractivity (Wildman–Crippen MR) is 100 cm³/mol. The SMILES string of the molecule is COc1ccc(C(CC(=O)N2CCC3(CC2)OCCO3)C2CC2)cc1OC. The zero-order chi connectivity index (χ0) is 18.9. The Bertz CT molecular complexity index is 671. The molecule has 1 aromatic rings. The molecule has 0 radical (unpaired) electrons. The number of likely N-dealkylation sites (tertiary alicyclic amines) is 1.